The summed E-state index contributed by atoms with van der Waals surface area (Å²) in [6.07, 6.45) is 4.90. The van der Waals surface area contributed by atoms with Crippen LogP contribution in [0, 0.1) is 0 Å². The largest absolute Gasteiger partial charge is 0.508 e. The molecule has 1 heterocycles. The second kappa shape index (κ2) is 7.65. The molecule has 1 fully saturated rings. The van der Waals surface area contributed by atoms with Gasteiger partial charge in [0.2, 0.25) is 0 Å². The summed E-state index contributed by atoms with van der Waals surface area (Å²) in [6.45, 7) is 8.09. The van der Waals surface area contributed by atoms with Crippen molar-refractivity contribution < 1.29 is 5.11 Å². The van der Waals surface area contributed by atoms with Crippen LogP contribution in [0.5, 0.6) is 5.75 Å². The molecule has 1 aromatic rings. The number of hydrogen-bond acceptors (Lipinski definition) is 3. The lowest BCUT2D eigenvalue weighted by Gasteiger charge is -2.25. The van der Waals surface area contributed by atoms with Crippen molar-refractivity contribution in [1.29, 1.82) is 0 Å². The number of aryl methyl sites for hydroxylation is 1. The third-order valence-electron chi connectivity index (χ3n) is 4.41. The van der Waals surface area contributed by atoms with E-state index in [1.54, 1.807) is 12.1 Å². The van der Waals surface area contributed by atoms with E-state index < -0.39 is 0 Å². The topological polar surface area (TPSA) is 35.5 Å². The van der Waals surface area contributed by atoms with Crippen LogP contribution in [0.15, 0.2) is 24.3 Å². The summed E-state index contributed by atoms with van der Waals surface area (Å²) in [5, 5.41) is 13.0. The van der Waals surface area contributed by atoms with E-state index in [1.807, 2.05) is 12.1 Å². The Kier molecular flexibility index (Phi) is 5.86. The van der Waals surface area contributed by atoms with E-state index in [4.69, 9.17) is 0 Å². The molecule has 0 amide bonds. The lowest BCUT2D eigenvalue weighted by Crippen LogP contribution is -2.41. The molecule has 3 heteroatoms. The Morgan fingerprint density at radius 3 is 2.80 bits per heavy atom. The van der Waals surface area contributed by atoms with Gasteiger partial charge < -0.3 is 10.4 Å². The van der Waals surface area contributed by atoms with Crippen LogP contribution in [0.25, 0.3) is 0 Å². The van der Waals surface area contributed by atoms with Gasteiger partial charge in [-0.05, 0) is 63.4 Å². The summed E-state index contributed by atoms with van der Waals surface area (Å²) < 4.78 is 0. The molecule has 1 aliphatic heterocycles. The number of benzene rings is 1. The van der Waals surface area contributed by atoms with E-state index in [9.17, 15) is 5.11 Å². The zero-order valence-electron chi connectivity index (χ0n) is 12.8. The fourth-order valence-corrected chi connectivity index (χ4v) is 3.03. The summed E-state index contributed by atoms with van der Waals surface area (Å²) in [5.74, 6) is 0.348. The number of likely N-dealkylation sites (tertiary alicyclic amines) is 1. The SMILES string of the molecule is CCN1CCC[C@H]1CN[C@H](C)CCc1ccc(O)cc1. The molecule has 2 atom stereocenters. The van der Waals surface area contributed by atoms with Gasteiger partial charge >= 0.3 is 0 Å². The van der Waals surface area contributed by atoms with Gasteiger partial charge in [-0.3, -0.25) is 4.90 Å². The average Bonchev–Trinajstić information content (AvgIpc) is 2.92. The van der Waals surface area contributed by atoms with Crippen molar-refractivity contribution >= 4 is 0 Å². The first-order valence-corrected chi connectivity index (χ1v) is 7.94. The second-order valence-corrected chi connectivity index (χ2v) is 5.94. The Hall–Kier alpha value is -1.06. The van der Waals surface area contributed by atoms with Crippen molar-refractivity contribution in [1.82, 2.24) is 10.2 Å². The minimum atomic E-state index is 0.348. The maximum atomic E-state index is 9.27. The second-order valence-electron chi connectivity index (χ2n) is 5.94. The Labute approximate surface area is 123 Å². The number of hydrogen-bond donors (Lipinski definition) is 2. The van der Waals surface area contributed by atoms with Crippen LogP contribution in [0.2, 0.25) is 0 Å². The number of nitrogens with one attached hydrogen (secondary N) is 1. The molecule has 2 N–H and O–H groups in total. The zero-order valence-corrected chi connectivity index (χ0v) is 12.8. The summed E-state index contributed by atoms with van der Waals surface area (Å²) in [4.78, 5) is 2.58. The maximum absolute atomic E-state index is 9.27. The van der Waals surface area contributed by atoms with Gasteiger partial charge in [-0.15, -0.1) is 0 Å². The number of rotatable bonds is 7. The molecule has 1 aromatic carbocycles. The van der Waals surface area contributed by atoms with E-state index in [-0.39, 0.29) is 0 Å². The molecule has 0 bridgehead atoms. The van der Waals surface area contributed by atoms with Crippen LogP contribution in [0.4, 0.5) is 0 Å². The lowest BCUT2D eigenvalue weighted by atomic mass is 10.1. The highest BCUT2D eigenvalue weighted by Gasteiger charge is 2.22. The van der Waals surface area contributed by atoms with Crippen molar-refractivity contribution in [2.75, 3.05) is 19.6 Å². The predicted molar refractivity (Wildman–Crippen MR) is 84.2 cm³/mol. The van der Waals surface area contributed by atoms with Gasteiger partial charge in [-0.1, -0.05) is 19.1 Å². The fraction of sp³-hybridized carbons (Fsp3) is 0.647. The van der Waals surface area contributed by atoms with Gasteiger partial charge in [0.25, 0.3) is 0 Å². The quantitative estimate of drug-likeness (QED) is 0.804. The van der Waals surface area contributed by atoms with E-state index in [1.165, 1.54) is 31.5 Å². The van der Waals surface area contributed by atoms with Crippen LogP contribution >= 0.6 is 0 Å². The Morgan fingerprint density at radius 2 is 2.10 bits per heavy atom. The van der Waals surface area contributed by atoms with Crippen molar-refractivity contribution in [3.63, 3.8) is 0 Å². The Morgan fingerprint density at radius 1 is 1.35 bits per heavy atom. The molecule has 1 saturated heterocycles. The molecule has 2 rings (SSSR count). The Balaban J connectivity index is 1.67. The minimum absolute atomic E-state index is 0.348. The van der Waals surface area contributed by atoms with E-state index in [0.717, 1.165) is 25.4 Å². The maximum Gasteiger partial charge on any atom is 0.115 e. The third kappa shape index (κ3) is 4.50. The third-order valence-corrected chi connectivity index (χ3v) is 4.41. The first kappa shape index (κ1) is 15.3. The molecular weight excluding hydrogens is 248 g/mol. The van der Waals surface area contributed by atoms with Gasteiger partial charge in [0, 0.05) is 18.6 Å². The molecule has 3 nitrogen and oxygen atoms in total. The molecular formula is C17H28N2O. The van der Waals surface area contributed by atoms with Crippen LogP contribution in [-0.2, 0) is 6.42 Å². The normalized spacial score (nSPS) is 21.2. The number of nitrogens with zero attached hydrogens (tertiary/aromatic N) is 1. The van der Waals surface area contributed by atoms with Crippen LogP contribution < -0.4 is 5.32 Å². The number of aromatic hydroxyl groups is 1. The van der Waals surface area contributed by atoms with Gasteiger partial charge in [-0.25, -0.2) is 0 Å². The van der Waals surface area contributed by atoms with Crippen LogP contribution in [-0.4, -0.2) is 41.7 Å². The first-order chi connectivity index (χ1) is 9.69. The smallest absolute Gasteiger partial charge is 0.115 e. The number of phenolic OH excluding ortho intramolecular Hbond substituents is 1. The molecule has 0 saturated carbocycles. The van der Waals surface area contributed by atoms with Crippen molar-refractivity contribution in [3.8, 4) is 5.75 Å². The Bertz CT molecular complexity index is 390. The van der Waals surface area contributed by atoms with Crippen molar-refractivity contribution in [2.24, 2.45) is 0 Å². The van der Waals surface area contributed by atoms with Crippen molar-refractivity contribution in [3.05, 3.63) is 29.8 Å². The molecule has 20 heavy (non-hydrogen) atoms. The van der Waals surface area contributed by atoms with E-state index in [2.05, 4.69) is 24.1 Å². The van der Waals surface area contributed by atoms with E-state index >= 15 is 0 Å². The highest BCUT2D eigenvalue weighted by molar-refractivity contribution is 5.25. The molecule has 0 aromatic heterocycles. The van der Waals surface area contributed by atoms with Crippen LogP contribution in [0.1, 0.15) is 38.7 Å². The standard InChI is InChI=1S/C17H28N2O/c1-3-19-12-4-5-16(19)13-18-14(2)6-7-15-8-10-17(20)11-9-15/h8-11,14,16,18,20H,3-7,12-13H2,1-2H3/t14-,16+/m1/s1. The van der Waals surface area contributed by atoms with Gasteiger partial charge in [0.05, 0.1) is 0 Å². The zero-order chi connectivity index (χ0) is 14.4. The minimum Gasteiger partial charge on any atom is -0.508 e. The highest BCUT2D eigenvalue weighted by Crippen LogP contribution is 2.16. The van der Waals surface area contributed by atoms with Gasteiger partial charge in [0.15, 0.2) is 0 Å². The number of likely N-dealkylation sites (N-methyl/N-ethyl adjacent to an activating group) is 1. The highest BCUT2D eigenvalue weighted by atomic mass is 16.3. The monoisotopic (exact) mass is 276 g/mol. The van der Waals surface area contributed by atoms with Crippen LogP contribution in [0.3, 0.4) is 0 Å². The predicted octanol–water partition coefficient (Wildman–Crippen LogP) is 2.79. The number of phenols is 1. The van der Waals surface area contributed by atoms with Gasteiger partial charge in [0.1, 0.15) is 5.75 Å². The van der Waals surface area contributed by atoms with E-state index in [0.29, 0.717) is 11.8 Å². The average molecular weight is 276 g/mol. The molecule has 1 aliphatic rings. The summed E-state index contributed by atoms with van der Waals surface area (Å²) in [5.41, 5.74) is 1.30. The van der Waals surface area contributed by atoms with Crippen molar-refractivity contribution in [2.45, 2.75) is 51.6 Å². The molecule has 0 aliphatic carbocycles. The summed E-state index contributed by atoms with van der Waals surface area (Å²) in [7, 11) is 0. The molecule has 0 unspecified atom stereocenters. The molecule has 112 valence electrons. The first-order valence-electron chi connectivity index (χ1n) is 7.94. The molecule has 0 spiro atoms. The molecule has 0 radical (unpaired) electrons. The lowest BCUT2D eigenvalue weighted by molar-refractivity contribution is 0.254. The summed E-state index contributed by atoms with van der Waals surface area (Å²) in [6, 6.07) is 8.84. The fourth-order valence-electron chi connectivity index (χ4n) is 3.03. The summed E-state index contributed by atoms with van der Waals surface area (Å²) >= 11 is 0. The van der Waals surface area contributed by atoms with Gasteiger partial charge in [-0.2, -0.15) is 0 Å².